The van der Waals surface area contributed by atoms with Crippen LogP contribution in [0.25, 0.3) is 0 Å². The number of aliphatic hydroxyl groups excluding tert-OH is 1. The van der Waals surface area contributed by atoms with Gasteiger partial charge in [-0.25, -0.2) is 0 Å². The Labute approximate surface area is 167 Å². The average Bonchev–Trinajstić information content (AvgIpc) is 3.06. The van der Waals surface area contributed by atoms with Gasteiger partial charge in [0.25, 0.3) is 0 Å². The molecule has 27 heavy (non-hydrogen) atoms. The number of β-amino-alcohol motifs (C(OH)–C–C–N with tert-alkyl or cyclic N) is 1. The number of rotatable bonds is 6. The predicted molar refractivity (Wildman–Crippen MR) is 111 cm³/mol. The number of amides is 1. The van der Waals surface area contributed by atoms with E-state index in [4.69, 9.17) is 5.73 Å². The minimum atomic E-state index is -0.267. The molecular weight excluding hydrogens is 362 g/mol. The van der Waals surface area contributed by atoms with Crippen molar-refractivity contribution in [3.63, 3.8) is 0 Å². The molecule has 146 valence electrons. The summed E-state index contributed by atoms with van der Waals surface area (Å²) in [6, 6.07) is 17.5. The third-order valence-electron chi connectivity index (χ3n) is 5.12. The van der Waals surface area contributed by atoms with Crippen molar-refractivity contribution < 1.29 is 9.90 Å². The van der Waals surface area contributed by atoms with Gasteiger partial charge in [-0.3, -0.25) is 9.69 Å². The highest BCUT2D eigenvalue weighted by molar-refractivity contribution is 5.85. The lowest BCUT2D eigenvalue weighted by atomic mass is 10.0. The van der Waals surface area contributed by atoms with Gasteiger partial charge in [0.2, 0.25) is 5.91 Å². The van der Waals surface area contributed by atoms with Crippen LogP contribution in [-0.4, -0.2) is 53.6 Å². The van der Waals surface area contributed by atoms with Crippen molar-refractivity contribution in [2.75, 3.05) is 32.4 Å². The molecule has 0 unspecified atom stereocenters. The van der Waals surface area contributed by atoms with Gasteiger partial charge in [-0.15, -0.1) is 12.4 Å². The number of hydrogen-bond donors (Lipinski definition) is 2. The molecule has 1 saturated heterocycles. The van der Waals surface area contributed by atoms with E-state index >= 15 is 0 Å². The molecule has 1 amide bonds. The Morgan fingerprint density at radius 2 is 1.89 bits per heavy atom. The van der Waals surface area contributed by atoms with E-state index in [0.29, 0.717) is 18.8 Å². The van der Waals surface area contributed by atoms with Crippen LogP contribution >= 0.6 is 12.4 Å². The second-order valence-corrected chi connectivity index (χ2v) is 7.01. The normalized spacial score (nSPS) is 17.9. The Kier molecular flexibility index (Phi) is 7.66. The highest BCUT2D eigenvalue weighted by atomic mass is 35.5. The fourth-order valence-corrected chi connectivity index (χ4v) is 3.51. The molecule has 1 aliphatic heterocycles. The number of aliphatic hydroxyl groups is 1. The maximum Gasteiger partial charge on any atom is 0.227 e. The zero-order valence-corrected chi connectivity index (χ0v) is 16.4. The third-order valence-corrected chi connectivity index (χ3v) is 5.12. The largest absolute Gasteiger partial charge is 0.398 e. The summed E-state index contributed by atoms with van der Waals surface area (Å²) < 4.78 is 0. The van der Waals surface area contributed by atoms with Crippen molar-refractivity contribution in [1.29, 1.82) is 0 Å². The molecule has 0 radical (unpaired) electrons. The van der Waals surface area contributed by atoms with E-state index in [1.54, 1.807) is 0 Å². The number of nitrogen functional groups attached to an aromatic ring is 1. The zero-order valence-electron chi connectivity index (χ0n) is 15.6. The molecule has 2 atom stereocenters. The minimum Gasteiger partial charge on any atom is -0.398 e. The van der Waals surface area contributed by atoms with Crippen LogP contribution in [0.1, 0.15) is 23.6 Å². The molecule has 1 fully saturated rings. The lowest BCUT2D eigenvalue weighted by Gasteiger charge is -2.32. The maximum absolute atomic E-state index is 12.9. The standard InChI is InChI=1S/C21H27N3O2.ClH/c1-23(21(26)13-17-9-5-6-10-19(17)22)20(16-7-3-2-4-8-16)15-24-12-11-18(25)14-24;/h2-10,18,20,25H,11-15,22H2,1H3;1H/t18-,20+;/m0./s1. The second kappa shape index (κ2) is 9.74. The van der Waals surface area contributed by atoms with Crippen LogP contribution in [0, 0.1) is 0 Å². The Morgan fingerprint density at radius 1 is 1.22 bits per heavy atom. The van der Waals surface area contributed by atoms with E-state index in [9.17, 15) is 9.90 Å². The van der Waals surface area contributed by atoms with Crippen LogP contribution < -0.4 is 5.73 Å². The van der Waals surface area contributed by atoms with E-state index in [1.165, 1.54) is 0 Å². The number of likely N-dealkylation sites (tertiary alicyclic amines) is 1. The highest BCUT2D eigenvalue weighted by Gasteiger charge is 2.28. The number of carbonyl (C=O) groups excluding carboxylic acids is 1. The van der Waals surface area contributed by atoms with Gasteiger partial charge in [-0.05, 0) is 23.6 Å². The SMILES string of the molecule is CN(C(=O)Cc1ccccc1N)[C@H](CN1CC[C@H](O)C1)c1ccccc1.Cl. The number of benzene rings is 2. The summed E-state index contributed by atoms with van der Waals surface area (Å²) in [5, 5.41) is 9.82. The predicted octanol–water partition coefficient (Wildman–Crippen LogP) is 2.50. The van der Waals surface area contributed by atoms with Crippen LogP contribution in [0.5, 0.6) is 0 Å². The smallest absolute Gasteiger partial charge is 0.227 e. The van der Waals surface area contributed by atoms with Crippen molar-refractivity contribution >= 4 is 24.0 Å². The van der Waals surface area contributed by atoms with Gasteiger partial charge in [-0.1, -0.05) is 48.5 Å². The van der Waals surface area contributed by atoms with Crippen LogP contribution in [0.15, 0.2) is 54.6 Å². The molecule has 0 saturated carbocycles. The van der Waals surface area contributed by atoms with E-state index in [0.717, 1.165) is 24.1 Å². The Hall–Kier alpha value is -2.08. The van der Waals surface area contributed by atoms with E-state index < -0.39 is 0 Å². The second-order valence-electron chi connectivity index (χ2n) is 7.01. The van der Waals surface area contributed by atoms with E-state index in [2.05, 4.69) is 17.0 Å². The van der Waals surface area contributed by atoms with Crippen LogP contribution in [0.4, 0.5) is 5.69 Å². The van der Waals surface area contributed by atoms with Crippen LogP contribution in [-0.2, 0) is 11.2 Å². The molecule has 0 spiro atoms. The molecule has 0 aliphatic carbocycles. The first-order valence-corrected chi connectivity index (χ1v) is 9.09. The molecule has 2 aromatic carbocycles. The summed E-state index contributed by atoms with van der Waals surface area (Å²) >= 11 is 0. The summed E-state index contributed by atoms with van der Waals surface area (Å²) in [5.74, 6) is 0.0384. The van der Waals surface area contributed by atoms with Crippen molar-refractivity contribution in [2.45, 2.75) is 25.0 Å². The Morgan fingerprint density at radius 3 is 2.52 bits per heavy atom. The van der Waals surface area contributed by atoms with Crippen molar-refractivity contribution in [2.24, 2.45) is 0 Å². The van der Waals surface area contributed by atoms with Crippen LogP contribution in [0.3, 0.4) is 0 Å². The third kappa shape index (κ3) is 5.45. The zero-order chi connectivity index (χ0) is 18.5. The summed E-state index contributed by atoms with van der Waals surface area (Å²) in [6.07, 6.45) is 0.811. The van der Waals surface area contributed by atoms with Crippen molar-refractivity contribution in [3.8, 4) is 0 Å². The van der Waals surface area contributed by atoms with E-state index in [1.807, 2.05) is 54.4 Å². The summed E-state index contributed by atoms with van der Waals surface area (Å²) in [6.45, 7) is 2.24. The van der Waals surface area contributed by atoms with Gasteiger partial charge >= 0.3 is 0 Å². The van der Waals surface area contributed by atoms with Gasteiger partial charge in [0.1, 0.15) is 0 Å². The molecule has 6 heteroatoms. The highest BCUT2D eigenvalue weighted by Crippen LogP contribution is 2.24. The average molecular weight is 390 g/mol. The van der Waals surface area contributed by atoms with Crippen LogP contribution in [0.2, 0.25) is 0 Å². The van der Waals surface area contributed by atoms with Gasteiger partial charge in [0.15, 0.2) is 0 Å². The molecular formula is C21H28ClN3O2. The van der Waals surface area contributed by atoms with Gasteiger partial charge in [0.05, 0.1) is 18.6 Å². The summed E-state index contributed by atoms with van der Waals surface area (Å²) in [4.78, 5) is 17.0. The first-order valence-electron chi connectivity index (χ1n) is 9.09. The molecule has 2 aromatic rings. The molecule has 3 rings (SSSR count). The molecule has 5 nitrogen and oxygen atoms in total. The molecule has 1 heterocycles. The topological polar surface area (TPSA) is 69.8 Å². The monoisotopic (exact) mass is 389 g/mol. The number of nitrogens with two attached hydrogens (primary N) is 1. The van der Waals surface area contributed by atoms with E-state index in [-0.39, 0.29) is 36.9 Å². The number of anilines is 1. The molecule has 1 aliphatic rings. The number of hydrogen-bond acceptors (Lipinski definition) is 4. The summed E-state index contributed by atoms with van der Waals surface area (Å²) in [5.41, 5.74) is 8.60. The fraction of sp³-hybridized carbons (Fsp3) is 0.381. The lowest BCUT2D eigenvalue weighted by Crippen LogP contribution is -2.39. The number of carbonyl (C=O) groups is 1. The minimum absolute atomic E-state index is 0. The fourth-order valence-electron chi connectivity index (χ4n) is 3.51. The Balaban J connectivity index is 0.00000261. The maximum atomic E-state index is 12.9. The lowest BCUT2D eigenvalue weighted by molar-refractivity contribution is -0.131. The first kappa shape index (κ1) is 21.2. The quantitative estimate of drug-likeness (QED) is 0.745. The molecule has 0 aromatic heterocycles. The van der Waals surface area contributed by atoms with Crippen molar-refractivity contribution in [3.05, 3.63) is 65.7 Å². The van der Waals surface area contributed by atoms with Gasteiger partial charge < -0.3 is 15.7 Å². The number of para-hydroxylation sites is 1. The molecule has 0 bridgehead atoms. The van der Waals surface area contributed by atoms with Gasteiger partial charge in [-0.2, -0.15) is 0 Å². The first-order chi connectivity index (χ1) is 12.5. The number of halogens is 1. The summed E-state index contributed by atoms with van der Waals surface area (Å²) in [7, 11) is 1.85. The number of likely N-dealkylation sites (N-methyl/N-ethyl adjacent to an activating group) is 1. The Bertz CT molecular complexity index is 741. The van der Waals surface area contributed by atoms with Crippen molar-refractivity contribution in [1.82, 2.24) is 9.80 Å². The number of nitrogens with zero attached hydrogens (tertiary/aromatic N) is 2. The van der Waals surface area contributed by atoms with Gasteiger partial charge in [0, 0.05) is 32.4 Å². The molecule has 3 N–H and O–H groups in total.